The molecule has 0 saturated carbocycles. The maximum Gasteiger partial charge on any atom is 0.258 e. The number of carbonyl (C=O) groups is 1. The van der Waals surface area contributed by atoms with Gasteiger partial charge in [0.15, 0.2) is 0 Å². The normalized spacial score (nSPS) is 10.9. The van der Waals surface area contributed by atoms with Crippen molar-refractivity contribution in [1.82, 2.24) is 15.3 Å². The summed E-state index contributed by atoms with van der Waals surface area (Å²) in [6.45, 7) is 4.87. The first-order chi connectivity index (χ1) is 9.08. The van der Waals surface area contributed by atoms with Crippen LogP contribution in [0.1, 0.15) is 30.6 Å². The highest BCUT2D eigenvalue weighted by atomic mass is 16.1. The van der Waals surface area contributed by atoms with Gasteiger partial charge in [0.2, 0.25) is 0 Å². The Morgan fingerprint density at radius 1 is 1.42 bits per heavy atom. The molecule has 0 aliphatic heterocycles. The molecule has 0 spiro atoms. The van der Waals surface area contributed by atoms with Crippen molar-refractivity contribution in [2.24, 2.45) is 5.92 Å². The Balaban J connectivity index is 2.17. The van der Waals surface area contributed by atoms with Gasteiger partial charge in [-0.15, -0.1) is 0 Å². The number of benzene rings is 1. The van der Waals surface area contributed by atoms with E-state index in [-0.39, 0.29) is 11.5 Å². The van der Waals surface area contributed by atoms with Crippen LogP contribution in [-0.2, 0) is 0 Å². The van der Waals surface area contributed by atoms with Gasteiger partial charge in [-0.2, -0.15) is 0 Å². The molecule has 0 unspecified atom stereocenters. The molecule has 19 heavy (non-hydrogen) atoms. The smallest absolute Gasteiger partial charge is 0.258 e. The summed E-state index contributed by atoms with van der Waals surface area (Å²) < 4.78 is 0. The van der Waals surface area contributed by atoms with Gasteiger partial charge in [-0.3, -0.25) is 9.59 Å². The Morgan fingerprint density at radius 2 is 2.21 bits per heavy atom. The van der Waals surface area contributed by atoms with E-state index in [1.165, 1.54) is 6.33 Å². The molecule has 1 aromatic heterocycles. The molecule has 0 saturated heterocycles. The minimum absolute atomic E-state index is 0.135. The van der Waals surface area contributed by atoms with Crippen LogP contribution in [-0.4, -0.2) is 22.4 Å². The minimum atomic E-state index is -0.197. The zero-order valence-electron chi connectivity index (χ0n) is 11.1. The van der Waals surface area contributed by atoms with Gasteiger partial charge in [0, 0.05) is 12.1 Å². The van der Waals surface area contributed by atoms with E-state index in [1.54, 1.807) is 18.2 Å². The molecule has 100 valence electrons. The Bertz CT molecular complexity index is 646. The third kappa shape index (κ3) is 3.19. The Hall–Kier alpha value is -2.17. The molecule has 5 heteroatoms. The predicted octanol–water partition coefficient (Wildman–Crippen LogP) is 1.70. The fourth-order valence-electron chi connectivity index (χ4n) is 1.79. The fourth-order valence-corrected chi connectivity index (χ4v) is 1.79. The van der Waals surface area contributed by atoms with Crippen molar-refractivity contribution in [2.75, 3.05) is 6.54 Å². The lowest BCUT2D eigenvalue weighted by atomic mass is 10.1. The summed E-state index contributed by atoms with van der Waals surface area (Å²) in [5.41, 5.74) is 0.853. The summed E-state index contributed by atoms with van der Waals surface area (Å²) in [5.74, 6) is 0.418. The number of nitrogens with zero attached hydrogens (tertiary/aromatic N) is 1. The highest BCUT2D eigenvalue weighted by Crippen LogP contribution is 2.09. The molecule has 0 aliphatic carbocycles. The summed E-state index contributed by atoms with van der Waals surface area (Å²) in [6, 6.07) is 4.90. The minimum Gasteiger partial charge on any atom is -0.352 e. The number of aromatic amines is 1. The Kier molecular flexibility index (Phi) is 3.94. The van der Waals surface area contributed by atoms with E-state index in [0.29, 0.717) is 28.9 Å². The molecule has 0 atom stereocenters. The SMILES string of the molecule is CC(C)CCNC(=O)c1ccc2c(=O)[nH]cnc2c1. The zero-order valence-corrected chi connectivity index (χ0v) is 11.1. The number of amides is 1. The molecule has 1 heterocycles. The molecule has 1 aromatic carbocycles. The van der Waals surface area contributed by atoms with Crippen molar-refractivity contribution in [2.45, 2.75) is 20.3 Å². The lowest BCUT2D eigenvalue weighted by Gasteiger charge is -2.07. The third-order valence-electron chi connectivity index (χ3n) is 2.91. The maximum absolute atomic E-state index is 11.9. The van der Waals surface area contributed by atoms with Crippen molar-refractivity contribution in [3.63, 3.8) is 0 Å². The quantitative estimate of drug-likeness (QED) is 0.877. The van der Waals surface area contributed by atoms with Gasteiger partial charge in [0.25, 0.3) is 11.5 Å². The molecule has 0 bridgehead atoms. The first-order valence-corrected chi connectivity index (χ1v) is 6.33. The first-order valence-electron chi connectivity index (χ1n) is 6.33. The third-order valence-corrected chi connectivity index (χ3v) is 2.91. The van der Waals surface area contributed by atoms with E-state index >= 15 is 0 Å². The average Bonchev–Trinajstić information content (AvgIpc) is 2.38. The molecule has 5 nitrogen and oxygen atoms in total. The van der Waals surface area contributed by atoms with E-state index in [4.69, 9.17) is 0 Å². The fraction of sp³-hybridized carbons (Fsp3) is 0.357. The largest absolute Gasteiger partial charge is 0.352 e. The number of H-pyrrole nitrogens is 1. The summed E-state index contributed by atoms with van der Waals surface area (Å²) >= 11 is 0. The molecule has 0 aliphatic rings. The van der Waals surface area contributed by atoms with E-state index < -0.39 is 0 Å². The van der Waals surface area contributed by atoms with Crippen LogP contribution >= 0.6 is 0 Å². The second-order valence-electron chi connectivity index (χ2n) is 4.90. The van der Waals surface area contributed by atoms with E-state index in [9.17, 15) is 9.59 Å². The molecule has 1 amide bonds. The number of fused-ring (bicyclic) bond motifs is 1. The van der Waals surface area contributed by atoms with E-state index in [1.807, 2.05) is 0 Å². The van der Waals surface area contributed by atoms with Crippen molar-refractivity contribution in [3.8, 4) is 0 Å². The first kappa shape index (κ1) is 13.3. The van der Waals surface area contributed by atoms with Crippen molar-refractivity contribution >= 4 is 16.8 Å². The maximum atomic E-state index is 11.9. The van der Waals surface area contributed by atoms with Crippen LogP contribution in [0.3, 0.4) is 0 Å². The van der Waals surface area contributed by atoms with Crippen LogP contribution in [0.4, 0.5) is 0 Å². The molecular formula is C14H17N3O2. The predicted molar refractivity (Wildman–Crippen MR) is 74.2 cm³/mol. The Labute approximate surface area is 111 Å². The molecule has 2 rings (SSSR count). The topological polar surface area (TPSA) is 74.8 Å². The molecule has 0 radical (unpaired) electrons. The second kappa shape index (κ2) is 5.65. The average molecular weight is 259 g/mol. The molecule has 2 aromatic rings. The van der Waals surface area contributed by atoms with Crippen LogP contribution in [0.2, 0.25) is 0 Å². The van der Waals surface area contributed by atoms with Crippen LogP contribution in [0.5, 0.6) is 0 Å². The standard InChI is InChI=1S/C14H17N3O2/c1-9(2)5-6-15-13(18)10-3-4-11-12(7-10)16-8-17-14(11)19/h3-4,7-9H,5-6H2,1-2H3,(H,15,18)(H,16,17,19). The van der Waals surface area contributed by atoms with Gasteiger partial charge in [0.05, 0.1) is 17.2 Å². The summed E-state index contributed by atoms with van der Waals surface area (Å²) in [7, 11) is 0. The number of hydrogen-bond donors (Lipinski definition) is 2. The van der Waals surface area contributed by atoms with Gasteiger partial charge in [0.1, 0.15) is 0 Å². The number of hydrogen-bond acceptors (Lipinski definition) is 3. The number of nitrogens with one attached hydrogen (secondary N) is 2. The molecule has 2 N–H and O–H groups in total. The summed E-state index contributed by atoms with van der Waals surface area (Å²) in [5, 5.41) is 3.34. The zero-order chi connectivity index (χ0) is 13.8. The van der Waals surface area contributed by atoms with Crippen LogP contribution in [0.25, 0.3) is 10.9 Å². The monoisotopic (exact) mass is 259 g/mol. The van der Waals surface area contributed by atoms with Crippen LogP contribution in [0.15, 0.2) is 29.3 Å². The Morgan fingerprint density at radius 3 is 2.95 bits per heavy atom. The van der Waals surface area contributed by atoms with Gasteiger partial charge in [-0.25, -0.2) is 4.98 Å². The van der Waals surface area contributed by atoms with Crippen molar-refractivity contribution in [3.05, 3.63) is 40.4 Å². The van der Waals surface area contributed by atoms with Gasteiger partial charge < -0.3 is 10.3 Å². The highest BCUT2D eigenvalue weighted by molar-refractivity contribution is 5.97. The molecular weight excluding hydrogens is 242 g/mol. The van der Waals surface area contributed by atoms with Crippen molar-refractivity contribution < 1.29 is 4.79 Å². The number of rotatable bonds is 4. The van der Waals surface area contributed by atoms with Crippen LogP contribution < -0.4 is 10.9 Å². The van der Waals surface area contributed by atoms with Gasteiger partial charge >= 0.3 is 0 Å². The summed E-state index contributed by atoms with van der Waals surface area (Å²) in [6.07, 6.45) is 2.28. The summed E-state index contributed by atoms with van der Waals surface area (Å²) in [4.78, 5) is 30.0. The number of carbonyl (C=O) groups excluding carboxylic acids is 1. The number of aromatic nitrogens is 2. The highest BCUT2D eigenvalue weighted by Gasteiger charge is 2.08. The molecule has 0 fully saturated rings. The van der Waals surface area contributed by atoms with E-state index in [2.05, 4.69) is 29.1 Å². The van der Waals surface area contributed by atoms with Crippen molar-refractivity contribution in [1.29, 1.82) is 0 Å². The van der Waals surface area contributed by atoms with Gasteiger partial charge in [-0.05, 0) is 30.5 Å². The lowest BCUT2D eigenvalue weighted by molar-refractivity contribution is 0.0952. The van der Waals surface area contributed by atoms with E-state index in [0.717, 1.165) is 6.42 Å². The second-order valence-corrected chi connectivity index (χ2v) is 4.90. The van der Waals surface area contributed by atoms with Gasteiger partial charge in [-0.1, -0.05) is 13.8 Å². The lowest BCUT2D eigenvalue weighted by Crippen LogP contribution is -2.25. The van der Waals surface area contributed by atoms with Crippen LogP contribution in [0, 0.1) is 5.92 Å².